The highest BCUT2D eigenvalue weighted by Crippen LogP contribution is 2.10. The molecule has 0 aliphatic rings. The Morgan fingerprint density at radius 2 is 1.83 bits per heavy atom. The maximum absolute atomic E-state index is 11.8. The van der Waals surface area contributed by atoms with E-state index in [9.17, 15) is 4.79 Å². The molecule has 3 heteroatoms. The molecule has 0 heterocycles. The number of aryl methyl sites for hydroxylation is 2. The van der Waals surface area contributed by atoms with Gasteiger partial charge in [-0.15, -0.1) is 0 Å². The van der Waals surface area contributed by atoms with E-state index in [0.717, 1.165) is 25.2 Å². The lowest BCUT2D eigenvalue weighted by molar-refractivity contribution is 0.0466. The van der Waals surface area contributed by atoms with Crippen LogP contribution < -0.4 is 0 Å². The molecule has 0 unspecified atom stereocenters. The Bertz CT molecular complexity index is 397. The van der Waals surface area contributed by atoms with Crippen molar-refractivity contribution in [3.05, 3.63) is 34.9 Å². The zero-order valence-electron chi connectivity index (χ0n) is 11.8. The van der Waals surface area contributed by atoms with Crippen LogP contribution in [-0.4, -0.2) is 37.1 Å². The van der Waals surface area contributed by atoms with Crippen molar-refractivity contribution in [3.63, 3.8) is 0 Å². The van der Waals surface area contributed by atoms with Crippen LogP contribution in [0.1, 0.15) is 35.3 Å². The van der Waals surface area contributed by atoms with Crippen LogP contribution >= 0.6 is 0 Å². The molecule has 0 amide bonds. The normalized spacial score (nSPS) is 10.7. The van der Waals surface area contributed by atoms with E-state index in [1.807, 2.05) is 32.0 Å². The van der Waals surface area contributed by atoms with Crippen molar-refractivity contribution in [1.82, 2.24) is 4.90 Å². The SMILES string of the molecule is CCN(CC)CCOC(=O)c1ccc(C)c(C)c1. The van der Waals surface area contributed by atoms with Crippen LogP contribution in [-0.2, 0) is 4.74 Å². The van der Waals surface area contributed by atoms with E-state index in [1.165, 1.54) is 5.56 Å². The molecule has 1 aromatic carbocycles. The number of esters is 1. The Hall–Kier alpha value is -1.35. The number of hydrogen-bond acceptors (Lipinski definition) is 3. The third-order valence-corrected chi connectivity index (χ3v) is 3.28. The largest absolute Gasteiger partial charge is 0.461 e. The summed E-state index contributed by atoms with van der Waals surface area (Å²) < 4.78 is 5.28. The number of nitrogens with zero attached hydrogens (tertiary/aromatic N) is 1. The van der Waals surface area contributed by atoms with Crippen LogP contribution in [0.4, 0.5) is 0 Å². The lowest BCUT2D eigenvalue weighted by Gasteiger charge is -2.17. The first-order valence-electron chi connectivity index (χ1n) is 6.55. The Labute approximate surface area is 110 Å². The number of rotatable bonds is 6. The number of carbonyl (C=O) groups is 1. The summed E-state index contributed by atoms with van der Waals surface area (Å²) in [5.74, 6) is -0.231. The van der Waals surface area contributed by atoms with Gasteiger partial charge in [0.1, 0.15) is 6.61 Å². The molecule has 18 heavy (non-hydrogen) atoms. The Balaban J connectivity index is 2.48. The molecule has 0 fully saturated rings. The highest BCUT2D eigenvalue weighted by molar-refractivity contribution is 5.89. The highest BCUT2D eigenvalue weighted by atomic mass is 16.5. The van der Waals surface area contributed by atoms with Gasteiger partial charge >= 0.3 is 5.97 Å². The number of ether oxygens (including phenoxy) is 1. The van der Waals surface area contributed by atoms with Gasteiger partial charge in [0.2, 0.25) is 0 Å². The summed E-state index contributed by atoms with van der Waals surface area (Å²) >= 11 is 0. The van der Waals surface area contributed by atoms with Crippen molar-refractivity contribution in [2.24, 2.45) is 0 Å². The summed E-state index contributed by atoms with van der Waals surface area (Å²) in [5.41, 5.74) is 2.94. The number of carbonyl (C=O) groups excluding carboxylic acids is 1. The maximum Gasteiger partial charge on any atom is 0.338 e. The van der Waals surface area contributed by atoms with Gasteiger partial charge in [-0.1, -0.05) is 19.9 Å². The zero-order chi connectivity index (χ0) is 13.5. The van der Waals surface area contributed by atoms with Crippen molar-refractivity contribution in [2.75, 3.05) is 26.2 Å². The Morgan fingerprint density at radius 3 is 2.39 bits per heavy atom. The molecule has 0 N–H and O–H groups in total. The third-order valence-electron chi connectivity index (χ3n) is 3.28. The van der Waals surface area contributed by atoms with Gasteiger partial charge in [0.25, 0.3) is 0 Å². The van der Waals surface area contributed by atoms with E-state index in [-0.39, 0.29) is 5.97 Å². The second-order valence-corrected chi connectivity index (χ2v) is 4.46. The molecule has 0 aliphatic heterocycles. The molecule has 0 saturated heterocycles. The minimum atomic E-state index is -0.231. The van der Waals surface area contributed by atoms with E-state index in [0.29, 0.717) is 12.2 Å². The molecule has 100 valence electrons. The summed E-state index contributed by atoms with van der Waals surface area (Å²) in [5, 5.41) is 0. The molecule has 0 radical (unpaired) electrons. The predicted octanol–water partition coefficient (Wildman–Crippen LogP) is 2.80. The predicted molar refractivity (Wildman–Crippen MR) is 74.0 cm³/mol. The van der Waals surface area contributed by atoms with Crippen LogP contribution in [0.2, 0.25) is 0 Å². The fourth-order valence-corrected chi connectivity index (χ4v) is 1.76. The molecule has 0 saturated carbocycles. The number of benzene rings is 1. The molecule has 3 nitrogen and oxygen atoms in total. The average molecular weight is 249 g/mol. The smallest absolute Gasteiger partial charge is 0.338 e. The van der Waals surface area contributed by atoms with Gasteiger partial charge in [0.15, 0.2) is 0 Å². The third kappa shape index (κ3) is 4.15. The standard InChI is InChI=1S/C15H23NO2/c1-5-16(6-2)9-10-18-15(17)14-8-7-12(3)13(4)11-14/h7-8,11H,5-6,9-10H2,1-4H3. The van der Waals surface area contributed by atoms with Crippen LogP contribution in [0.3, 0.4) is 0 Å². The topological polar surface area (TPSA) is 29.5 Å². The van der Waals surface area contributed by atoms with Crippen molar-refractivity contribution in [2.45, 2.75) is 27.7 Å². The van der Waals surface area contributed by atoms with Gasteiger partial charge in [0.05, 0.1) is 5.56 Å². The molecule has 1 aromatic rings. The van der Waals surface area contributed by atoms with Crippen molar-refractivity contribution >= 4 is 5.97 Å². The fourth-order valence-electron chi connectivity index (χ4n) is 1.76. The first-order valence-corrected chi connectivity index (χ1v) is 6.55. The summed E-state index contributed by atoms with van der Waals surface area (Å²) in [4.78, 5) is 14.1. The summed E-state index contributed by atoms with van der Waals surface area (Å²) in [6, 6.07) is 5.66. The van der Waals surface area contributed by atoms with E-state index >= 15 is 0 Å². The first-order chi connectivity index (χ1) is 8.58. The van der Waals surface area contributed by atoms with Gasteiger partial charge in [0, 0.05) is 6.54 Å². The van der Waals surface area contributed by atoms with E-state index in [4.69, 9.17) is 4.74 Å². The van der Waals surface area contributed by atoms with Gasteiger partial charge < -0.3 is 9.64 Å². The molecule has 0 atom stereocenters. The second-order valence-electron chi connectivity index (χ2n) is 4.46. The van der Waals surface area contributed by atoms with Gasteiger partial charge in [-0.3, -0.25) is 0 Å². The summed E-state index contributed by atoms with van der Waals surface area (Å²) in [6.07, 6.45) is 0. The van der Waals surface area contributed by atoms with E-state index in [2.05, 4.69) is 18.7 Å². The fraction of sp³-hybridized carbons (Fsp3) is 0.533. The molecular formula is C15H23NO2. The van der Waals surface area contributed by atoms with Gasteiger partial charge in [-0.05, 0) is 50.2 Å². The molecule has 0 aliphatic carbocycles. The molecule has 0 spiro atoms. The monoisotopic (exact) mass is 249 g/mol. The average Bonchev–Trinajstić information content (AvgIpc) is 2.37. The van der Waals surface area contributed by atoms with Crippen LogP contribution in [0.15, 0.2) is 18.2 Å². The molecular weight excluding hydrogens is 226 g/mol. The highest BCUT2D eigenvalue weighted by Gasteiger charge is 2.08. The van der Waals surface area contributed by atoms with Crippen molar-refractivity contribution in [1.29, 1.82) is 0 Å². The first kappa shape index (κ1) is 14.7. The number of likely N-dealkylation sites (N-methyl/N-ethyl adjacent to an activating group) is 1. The van der Waals surface area contributed by atoms with E-state index in [1.54, 1.807) is 0 Å². The molecule has 0 aromatic heterocycles. The minimum Gasteiger partial charge on any atom is -0.461 e. The second kappa shape index (κ2) is 7.17. The Kier molecular flexibility index (Phi) is 5.86. The lowest BCUT2D eigenvalue weighted by Crippen LogP contribution is -2.27. The van der Waals surface area contributed by atoms with Crippen LogP contribution in [0.5, 0.6) is 0 Å². The molecule has 1 rings (SSSR count). The van der Waals surface area contributed by atoms with Crippen LogP contribution in [0.25, 0.3) is 0 Å². The van der Waals surface area contributed by atoms with Crippen molar-refractivity contribution < 1.29 is 9.53 Å². The summed E-state index contributed by atoms with van der Waals surface area (Å²) in [6.45, 7) is 11.5. The van der Waals surface area contributed by atoms with Crippen LogP contribution in [0, 0.1) is 13.8 Å². The molecule has 0 bridgehead atoms. The van der Waals surface area contributed by atoms with Crippen molar-refractivity contribution in [3.8, 4) is 0 Å². The van der Waals surface area contributed by atoms with Gasteiger partial charge in [-0.2, -0.15) is 0 Å². The zero-order valence-corrected chi connectivity index (χ0v) is 11.8. The lowest BCUT2D eigenvalue weighted by atomic mass is 10.1. The quantitative estimate of drug-likeness (QED) is 0.726. The maximum atomic E-state index is 11.8. The van der Waals surface area contributed by atoms with Gasteiger partial charge in [-0.25, -0.2) is 4.79 Å². The Morgan fingerprint density at radius 1 is 1.17 bits per heavy atom. The summed E-state index contributed by atoms with van der Waals surface area (Å²) in [7, 11) is 0. The van der Waals surface area contributed by atoms with E-state index < -0.39 is 0 Å². The number of hydrogen-bond donors (Lipinski definition) is 0. The minimum absolute atomic E-state index is 0.231.